The molecule has 2 aromatic rings. The molecule has 2 N–H and O–H groups in total. The molecule has 1 aromatic carbocycles. The third-order valence-corrected chi connectivity index (χ3v) is 2.77. The van der Waals surface area contributed by atoms with Gasteiger partial charge in [0, 0.05) is 6.54 Å². The van der Waals surface area contributed by atoms with Crippen molar-refractivity contribution in [3.8, 4) is 6.07 Å². The van der Waals surface area contributed by atoms with Crippen molar-refractivity contribution in [3.05, 3.63) is 23.8 Å². The molecule has 6 heteroatoms. The number of anilines is 1. The maximum absolute atomic E-state index is 11.4. The number of carbonyl (C=O) groups is 1. The zero-order chi connectivity index (χ0) is 13.8. The van der Waals surface area contributed by atoms with Gasteiger partial charge >= 0.3 is 5.97 Å². The summed E-state index contributed by atoms with van der Waals surface area (Å²) in [4.78, 5) is 15.5. The van der Waals surface area contributed by atoms with E-state index in [0.717, 1.165) is 5.52 Å². The summed E-state index contributed by atoms with van der Waals surface area (Å²) in [6.45, 7) is 2.51. The average molecular weight is 258 g/mol. The highest BCUT2D eigenvalue weighted by atomic mass is 16.5. The minimum atomic E-state index is -0.278. The molecular weight excluding hydrogens is 244 g/mol. The van der Waals surface area contributed by atoms with Gasteiger partial charge in [0.05, 0.1) is 24.1 Å². The van der Waals surface area contributed by atoms with E-state index in [1.807, 2.05) is 6.07 Å². The second kappa shape index (κ2) is 5.40. The quantitative estimate of drug-likeness (QED) is 0.837. The lowest BCUT2D eigenvalue weighted by molar-refractivity contribution is -0.143. The Balaban J connectivity index is 2.31. The molecule has 2 rings (SSSR count). The first-order chi connectivity index (χ1) is 9.17. The van der Waals surface area contributed by atoms with E-state index in [-0.39, 0.29) is 12.4 Å². The molecule has 0 aliphatic heterocycles. The van der Waals surface area contributed by atoms with Crippen molar-refractivity contribution >= 4 is 23.0 Å². The number of hydrogen-bond donors (Lipinski definition) is 1. The van der Waals surface area contributed by atoms with Gasteiger partial charge in [-0.3, -0.25) is 4.79 Å². The van der Waals surface area contributed by atoms with Crippen LogP contribution in [0.1, 0.15) is 18.9 Å². The topological polar surface area (TPSA) is 93.9 Å². The number of rotatable bonds is 4. The summed E-state index contributed by atoms with van der Waals surface area (Å²) in [5.41, 5.74) is 7.61. The number of hydrogen-bond acceptors (Lipinski definition) is 5. The Kier molecular flexibility index (Phi) is 3.66. The number of nitriles is 1. The summed E-state index contributed by atoms with van der Waals surface area (Å²) in [5.74, 6) is 0.0159. The summed E-state index contributed by atoms with van der Waals surface area (Å²) in [6, 6.07) is 7.35. The molecule has 1 aromatic heterocycles. The number of benzene rings is 1. The molecule has 0 atom stereocenters. The lowest BCUT2D eigenvalue weighted by Crippen LogP contribution is -2.10. The van der Waals surface area contributed by atoms with Crippen molar-refractivity contribution in [2.75, 3.05) is 12.3 Å². The highest BCUT2D eigenvalue weighted by molar-refractivity contribution is 5.84. The van der Waals surface area contributed by atoms with Gasteiger partial charge in [0.2, 0.25) is 5.95 Å². The minimum absolute atomic E-state index is 0.223. The molecule has 0 aliphatic rings. The van der Waals surface area contributed by atoms with Crippen molar-refractivity contribution < 1.29 is 9.53 Å². The van der Waals surface area contributed by atoms with Crippen LogP contribution in [0.5, 0.6) is 0 Å². The Labute approximate surface area is 110 Å². The Hall–Kier alpha value is -2.55. The Morgan fingerprint density at radius 3 is 3.05 bits per heavy atom. The van der Waals surface area contributed by atoms with E-state index in [2.05, 4.69) is 11.1 Å². The summed E-state index contributed by atoms with van der Waals surface area (Å²) in [5, 5.41) is 9.01. The molecule has 0 bridgehead atoms. The van der Waals surface area contributed by atoms with Gasteiger partial charge in [0.15, 0.2) is 0 Å². The summed E-state index contributed by atoms with van der Waals surface area (Å²) in [6.07, 6.45) is 0.223. The van der Waals surface area contributed by atoms with Gasteiger partial charge in [-0.15, -0.1) is 0 Å². The monoisotopic (exact) mass is 258 g/mol. The van der Waals surface area contributed by atoms with E-state index < -0.39 is 0 Å². The highest BCUT2D eigenvalue weighted by Crippen LogP contribution is 2.21. The molecule has 0 amide bonds. The largest absolute Gasteiger partial charge is 0.466 e. The van der Waals surface area contributed by atoms with Crippen molar-refractivity contribution in [2.24, 2.45) is 0 Å². The summed E-state index contributed by atoms with van der Waals surface area (Å²) < 4.78 is 6.59. The maximum Gasteiger partial charge on any atom is 0.307 e. The first kappa shape index (κ1) is 12.9. The molecular formula is C13H14N4O2. The molecule has 0 unspecified atom stereocenters. The molecule has 0 saturated heterocycles. The number of nitrogens with two attached hydrogens (primary N) is 1. The van der Waals surface area contributed by atoms with Gasteiger partial charge in [-0.2, -0.15) is 5.26 Å². The van der Waals surface area contributed by atoms with Crippen LogP contribution in [0.15, 0.2) is 18.2 Å². The first-order valence-electron chi connectivity index (χ1n) is 5.97. The van der Waals surface area contributed by atoms with E-state index in [1.165, 1.54) is 0 Å². The van der Waals surface area contributed by atoms with E-state index in [1.54, 1.807) is 23.6 Å². The number of carbonyl (C=O) groups excluding carboxylic acids is 1. The number of nitrogen functional groups attached to an aromatic ring is 1. The van der Waals surface area contributed by atoms with Gasteiger partial charge in [0.25, 0.3) is 0 Å². The third kappa shape index (κ3) is 2.50. The van der Waals surface area contributed by atoms with E-state index in [0.29, 0.717) is 30.2 Å². The number of nitrogens with zero attached hydrogens (tertiary/aromatic N) is 3. The molecule has 6 nitrogen and oxygen atoms in total. The second-order valence-corrected chi connectivity index (χ2v) is 3.96. The van der Waals surface area contributed by atoms with Crippen LogP contribution in [0.2, 0.25) is 0 Å². The number of para-hydroxylation sites is 1. The van der Waals surface area contributed by atoms with Gasteiger partial charge in [-0.05, 0) is 19.1 Å². The molecule has 19 heavy (non-hydrogen) atoms. The SMILES string of the molecule is CCOC(=O)CCn1c(N)nc2c(C#N)cccc21. The summed E-state index contributed by atoms with van der Waals surface area (Å²) >= 11 is 0. The van der Waals surface area contributed by atoms with Gasteiger partial charge in [-0.1, -0.05) is 6.07 Å². The molecule has 0 saturated carbocycles. The smallest absolute Gasteiger partial charge is 0.307 e. The van der Waals surface area contributed by atoms with Gasteiger partial charge in [-0.25, -0.2) is 4.98 Å². The fourth-order valence-corrected chi connectivity index (χ4v) is 1.93. The van der Waals surface area contributed by atoms with Crippen LogP contribution in [-0.2, 0) is 16.1 Å². The van der Waals surface area contributed by atoms with Crippen LogP contribution in [0, 0.1) is 11.3 Å². The zero-order valence-electron chi connectivity index (χ0n) is 10.6. The normalized spacial score (nSPS) is 10.3. The van der Waals surface area contributed by atoms with Crippen LogP contribution in [-0.4, -0.2) is 22.1 Å². The molecule has 0 fully saturated rings. The number of esters is 1. The second-order valence-electron chi connectivity index (χ2n) is 3.96. The Bertz CT molecular complexity index is 654. The van der Waals surface area contributed by atoms with Gasteiger partial charge < -0.3 is 15.0 Å². The molecule has 0 spiro atoms. The Morgan fingerprint density at radius 1 is 1.58 bits per heavy atom. The summed E-state index contributed by atoms with van der Waals surface area (Å²) in [7, 11) is 0. The van der Waals surface area contributed by atoms with Crippen LogP contribution in [0.4, 0.5) is 5.95 Å². The predicted octanol–water partition coefficient (Wildman–Crippen LogP) is 1.44. The lowest BCUT2D eigenvalue weighted by Gasteiger charge is -2.06. The molecule has 0 radical (unpaired) electrons. The zero-order valence-corrected chi connectivity index (χ0v) is 10.6. The number of aromatic nitrogens is 2. The van der Waals surface area contributed by atoms with Crippen molar-refractivity contribution in [1.29, 1.82) is 5.26 Å². The third-order valence-electron chi connectivity index (χ3n) is 2.77. The maximum atomic E-state index is 11.4. The average Bonchev–Trinajstić information content (AvgIpc) is 2.72. The van der Waals surface area contributed by atoms with E-state index >= 15 is 0 Å². The number of ether oxygens (including phenoxy) is 1. The fraction of sp³-hybridized carbons (Fsp3) is 0.308. The fourth-order valence-electron chi connectivity index (χ4n) is 1.93. The number of imidazole rings is 1. The predicted molar refractivity (Wildman–Crippen MR) is 70.1 cm³/mol. The van der Waals surface area contributed by atoms with E-state index in [4.69, 9.17) is 15.7 Å². The highest BCUT2D eigenvalue weighted by Gasteiger charge is 2.12. The number of fused-ring (bicyclic) bond motifs is 1. The molecule has 1 heterocycles. The minimum Gasteiger partial charge on any atom is -0.466 e. The van der Waals surface area contributed by atoms with Crippen molar-refractivity contribution in [2.45, 2.75) is 19.9 Å². The first-order valence-corrected chi connectivity index (χ1v) is 5.97. The standard InChI is InChI=1S/C13H14N4O2/c1-2-19-11(18)6-7-17-10-5-3-4-9(8-14)12(10)16-13(17)15/h3-5H,2,6-7H2,1H3,(H2,15,16). The van der Waals surface area contributed by atoms with E-state index in [9.17, 15) is 4.79 Å². The van der Waals surface area contributed by atoms with Crippen LogP contribution < -0.4 is 5.73 Å². The van der Waals surface area contributed by atoms with Crippen molar-refractivity contribution in [1.82, 2.24) is 9.55 Å². The van der Waals surface area contributed by atoms with Crippen LogP contribution >= 0.6 is 0 Å². The van der Waals surface area contributed by atoms with Gasteiger partial charge in [0.1, 0.15) is 11.6 Å². The lowest BCUT2D eigenvalue weighted by atomic mass is 10.2. The number of aryl methyl sites for hydroxylation is 1. The van der Waals surface area contributed by atoms with Crippen LogP contribution in [0.3, 0.4) is 0 Å². The molecule has 98 valence electrons. The molecule has 0 aliphatic carbocycles. The van der Waals surface area contributed by atoms with Crippen molar-refractivity contribution in [3.63, 3.8) is 0 Å². The van der Waals surface area contributed by atoms with Crippen LogP contribution in [0.25, 0.3) is 11.0 Å². The Morgan fingerprint density at radius 2 is 2.37 bits per heavy atom.